The van der Waals surface area contributed by atoms with Gasteiger partial charge in [-0.25, -0.2) is 0 Å². The van der Waals surface area contributed by atoms with Crippen LogP contribution in [0.25, 0.3) is 11.1 Å². The molecule has 14 heavy (non-hydrogen) atoms. The molecule has 0 aliphatic carbocycles. The Morgan fingerprint density at radius 3 is 2.57 bits per heavy atom. The van der Waals surface area contributed by atoms with Gasteiger partial charge in [-0.3, -0.25) is 0 Å². The van der Waals surface area contributed by atoms with Crippen LogP contribution in [0.15, 0.2) is 42.5 Å². The van der Waals surface area contributed by atoms with E-state index in [0.29, 0.717) is 0 Å². The number of aryl methyl sites for hydroxylation is 1. The molecule has 1 heteroatoms. The SMILES string of the molecule is Cc1ccc2c(c1)-c1ccccc1[I+]2. The van der Waals surface area contributed by atoms with Gasteiger partial charge in [0.25, 0.3) is 0 Å². The second-order valence-corrected chi connectivity index (χ2v) is 6.42. The summed E-state index contributed by atoms with van der Waals surface area (Å²) in [5.74, 6) is 0. The lowest BCUT2D eigenvalue weighted by atomic mass is 10.0. The summed E-state index contributed by atoms with van der Waals surface area (Å²) < 4.78 is 3.16. The lowest BCUT2D eigenvalue weighted by molar-refractivity contribution is -0.589. The Balaban J connectivity index is 2.30. The summed E-state index contributed by atoms with van der Waals surface area (Å²) in [5, 5.41) is 0. The molecule has 0 radical (unpaired) electrons. The number of benzene rings is 2. The van der Waals surface area contributed by atoms with Crippen molar-refractivity contribution in [2.75, 3.05) is 0 Å². The van der Waals surface area contributed by atoms with Gasteiger partial charge in [0.1, 0.15) is 0 Å². The molecule has 0 aromatic heterocycles. The molecule has 0 saturated heterocycles. The minimum Gasteiger partial charge on any atom is -0.0613 e. The first-order valence-electron chi connectivity index (χ1n) is 4.69. The molecule has 0 atom stereocenters. The van der Waals surface area contributed by atoms with Crippen molar-refractivity contribution in [1.82, 2.24) is 0 Å². The zero-order chi connectivity index (χ0) is 9.54. The van der Waals surface area contributed by atoms with Gasteiger partial charge in [-0.2, -0.15) is 0 Å². The van der Waals surface area contributed by atoms with Gasteiger partial charge in [-0.1, -0.05) is 23.8 Å². The van der Waals surface area contributed by atoms with E-state index in [9.17, 15) is 0 Å². The molecular weight excluding hydrogens is 283 g/mol. The van der Waals surface area contributed by atoms with Gasteiger partial charge >= 0.3 is 21.2 Å². The Hall–Kier alpha value is -0.830. The maximum atomic E-state index is 2.32. The summed E-state index contributed by atoms with van der Waals surface area (Å²) in [5.41, 5.74) is 4.32. The van der Waals surface area contributed by atoms with Crippen LogP contribution in [0.2, 0.25) is 0 Å². The Morgan fingerprint density at radius 2 is 1.64 bits per heavy atom. The molecule has 1 aliphatic heterocycles. The number of hydrogen-bond donors (Lipinski definition) is 0. The predicted octanol–water partition coefficient (Wildman–Crippen LogP) is 0.104. The highest BCUT2D eigenvalue weighted by Gasteiger charge is 2.32. The monoisotopic (exact) mass is 293 g/mol. The average molecular weight is 293 g/mol. The normalized spacial score (nSPS) is 12.4. The summed E-state index contributed by atoms with van der Waals surface area (Å²) in [6.45, 7) is 2.17. The van der Waals surface area contributed by atoms with E-state index < -0.39 is 0 Å². The molecule has 2 aromatic carbocycles. The fourth-order valence-electron chi connectivity index (χ4n) is 1.80. The van der Waals surface area contributed by atoms with Crippen molar-refractivity contribution in [3.63, 3.8) is 0 Å². The van der Waals surface area contributed by atoms with E-state index >= 15 is 0 Å². The predicted molar refractivity (Wildman–Crippen MR) is 54.0 cm³/mol. The Bertz CT molecular complexity index is 500. The second-order valence-electron chi connectivity index (χ2n) is 3.56. The molecule has 0 N–H and O–H groups in total. The third-order valence-electron chi connectivity index (χ3n) is 2.49. The molecule has 0 spiro atoms. The molecule has 1 heterocycles. The first-order valence-corrected chi connectivity index (χ1v) is 6.85. The van der Waals surface area contributed by atoms with Gasteiger partial charge < -0.3 is 0 Å². The maximum Gasteiger partial charge on any atom is 0.359 e. The van der Waals surface area contributed by atoms with Crippen LogP contribution in [0.4, 0.5) is 0 Å². The van der Waals surface area contributed by atoms with Crippen LogP contribution in [-0.4, -0.2) is 0 Å². The third kappa shape index (κ3) is 1.19. The highest BCUT2D eigenvalue weighted by molar-refractivity contribution is 5.65. The van der Waals surface area contributed by atoms with E-state index in [1.807, 2.05) is 0 Å². The zero-order valence-corrected chi connectivity index (χ0v) is 10.1. The lowest BCUT2D eigenvalue weighted by Gasteiger charge is -1.95. The van der Waals surface area contributed by atoms with E-state index in [4.69, 9.17) is 0 Å². The summed E-state index contributed by atoms with van der Waals surface area (Å²) >= 11 is 0.0900. The van der Waals surface area contributed by atoms with Crippen LogP contribution in [0, 0.1) is 14.1 Å². The van der Waals surface area contributed by atoms with E-state index in [0.717, 1.165) is 0 Å². The molecule has 0 amide bonds. The molecule has 2 aromatic rings. The van der Waals surface area contributed by atoms with Crippen LogP contribution in [0.1, 0.15) is 5.56 Å². The number of rotatable bonds is 0. The van der Waals surface area contributed by atoms with Gasteiger partial charge in [-0.05, 0) is 31.2 Å². The summed E-state index contributed by atoms with van der Waals surface area (Å²) in [4.78, 5) is 0. The quantitative estimate of drug-likeness (QED) is 0.516. The summed E-state index contributed by atoms with van der Waals surface area (Å²) in [6, 6.07) is 15.7. The summed E-state index contributed by atoms with van der Waals surface area (Å²) in [6.07, 6.45) is 0. The minimum atomic E-state index is 0.0900. The standard InChI is InChI=1S/C13H10I/c1-9-6-7-13-11(8-9)10-4-2-3-5-12(10)14-13/h2-8H,1H3/q+1. The van der Waals surface area contributed by atoms with Crippen LogP contribution in [-0.2, 0) is 0 Å². The Morgan fingerprint density at radius 1 is 0.857 bits per heavy atom. The molecule has 0 saturated carbocycles. The van der Waals surface area contributed by atoms with Crippen molar-refractivity contribution in [1.29, 1.82) is 0 Å². The maximum absolute atomic E-state index is 2.32. The largest absolute Gasteiger partial charge is 0.359 e. The fourth-order valence-corrected chi connectivity index (χ4v) is 4.67. The second kappa shape index (κ2) is 3.09. The van der Waals surface area contributed by atoms with Crippen molar-refractivity contribution >= 4 is 0 Å². The van der Waals surface area contributed by atoms with Crippen molar-refractivity contribution in [3.8, 4) is 11.1 Å². The molecule has 3 rings (SSSR count). The van der Waals surface area contributed by atoms with E-state index in [1.54, 1.807) is 7.14 Å². The number of fused-ring (bicyclic) bond motifs is 3. The smallest absolute Gasteiger partial charge is 0.0613 e. The average Bonchev–Trinajstić information content (AvgIpc) is 2.56. The highest BCUT2D eigenvalue weighted by Crippen LogP contribution is 2.22. The summed E-state index contributed by atoms with van der Waals surface area (Å²) in [7, 11) is 0. The van der Waals surface area contributed by atoms with Crippen LogP contribution in [0.3, 0.4) is 0 Å². The number of halogens is 1. The van der Waals surface area contributed by atoms with Gasteiger partial charge in [-0.15, -0.1) is 0 Å². The molecule has 0 fully saturated rings. The van der Waals surface area contributed by atoms with Crippen LogP contribution >= 0.6 is 0 Å². The first kappa shape index (κ1) is 8.48. The third-order valence-corrected chi connectivity index (χ3v) is 5.53. The zero-order valence-electron chi connectivity index (χ0n) is 7.92. The van der Waals surface area contributed by atoms with Crippen molar-refractivity contribution in [2.24, 2.45) is 0 Å². The van der Waals surface area contributed by atoms with E-state index in [1.165, 1.54) is 16.7 Å². The Kier molecular flexibility index (Phi) is 1.87. The molecule has 68 valence electrons. The molecule has 0 bridgehead atoms. The van der Waals surface area contributed by atoms with E-state index in [2.05, 4.69) is 49.4 Å². The van der Waals surface area contributed by atoms with Gasteiger partial charge in [0.05, 0.1) is 0 Å². The fraction of sp³-hybridized carbons (Fsp3) is 0.0769. The molecule has 0 unspecified atom stereocenters. The van der Waals surface area contributed by atoms with Crippen LogP contribution < -0.4 is 21.2 Å². The Labute approximate surface area is 94.2 Å². The van der Waals surface area contributed by atoms with Gasteiger partial charge in [0.15, 0.2) is 0 Å². The lowest BCUT2D eigenvalue weighted by Crippen LogP contribution is -3.61. The molecule has 0 nitrogen and oxygen atoms in total. The van der Waals surface area contributed by atoms with Gasteiger partial charge in [0, 0.05) is 11.1 Å². The molecule has 1 aliphatic rings. The number of hydrogen-bond acceptors (Lipinski definition) is 0. The van der Waals surface area contributed by atoms with E-state index in [-0.39, 0.29) is 21.2 Å². The van der Waals surface area contributed by atoms with Crippen LogP contribution in [0.5, 0.6) is 0 Å². The highest BCUT2D eigenvalue weighted by atomic mass is 127. The van der Waals surface area contributed by atoms with Crippen molar-refractivity contribution in [2.45, 2.75) is 6.92 Å². The minimum absolute atomic E-state index is 0.0900. The van der Waals surface area contributed by atoms with Gasteiger partial charge in [0.2, 0.25) is 7.14 Å². The van der Waals surface area contributed by atoms with Crippen molar-refractivity contribution in [3.05, 3.63) is 55.2 Å². The molecular formula is C13H10I+. The first-order chi connectivity index (χ1) is 6.84. The van der Waals surface area contributed by atoms with Crippen molar-refractivity contribution < 1.29 is 21.2 Å². The topological polar surface area (TPSA) is 0 Å².